The van der Waals surface area contributed by atoms with E-state index in [9.17, 15) is 4.79 Å². The smallest absolute Gasteiger partial charge is 0.284 e. The fourth-order valence-corrected chi connectivity index (χ4v) is 2.43. The van der Waals surface area contributed by atoms with Gasteiger partial charge in [-0.2, -0.15) is 0 Å². The van der Waals surface area contributed by atoms with Crippen LogP contribution in [0.5, 0.6) is 0 Å². The van der Waals surface area contributed by atoms with Crippen molar-refractivity contribution in [2.45, 2.75) is 17.4 Å². The maximum absolute atomic E-state index is 12.1. The molecule has 0 radical (unpaired) electrons. The fourth-order valence-electron chi connectivity index (χ4n) is 1.64. The van der Waals surface area contributed by atoms with E-state index in [2.05, 4.69) is 20.5 Å². The topological polar surface area (TPSA) is 94.0 Å². The van der Waals surface area contributed by atoms with E-state index in [1.807, 2.05) is 0 Å². The molecule has 0 bridgehead atoms. The molecule has 1 N–H and O–H groups in total. The van der Waals surface area contributed by atoms with Crippen molar-refractivity contribution in [3.8, 4) is 11.7 Å². The number of aromatic nitrogens is 3. The Morgan fingerprint density at radius 1 is 1.35 bits per heavy atom. The van der Waals surface area contributed by atoms with Gasteiger partial charge in [0.2, 0.25) is 5.91 Å². The highest BCUT2D eigenvalue weighted by Gasteiger charge is 2.19. The van der Waals surface area contributed by atoms with Crippen LogP contribution >= 0.6 is 23.4 Å². The molecule has 3 rings (SSSR count). The monoisotopic (exact) mass is 350 g/mol. The van der Waals surface area contributed by atoms with Crippen LogP contribution in [0.1, 0.15) is 6.92 Å². The Balaban J connectivity index is 1.61. The summed E-state index contributed by atoms with van der Waals surface area (Å²) in [6.45, 7) is 1.73. The number of amides is 1. The molecule has 3 aromatic heterocycles. The Bertz CT molecular complexity index is 789. The Morgan fingerprint density at radius 3 is 2.91 bits per heavy atom. The second kappa shape index (κ2) is 6.84. The molecule has 0 spiro atoms. The summed E-state index contributed by atoms with van der Waals surface area (Å²) < 4.78 is 10.6. The van der Waals surface area contributed by atoms with E-state index in [1.54, 1.807) is 31.2 Å². The number of thioether (sulfide) groups is 1. The molecule has 0 aliphatic heterocycles. The van der Waals surface area contributed by atoms with Crippen molar-refractivity contribution in [3.05, 3.63) is 41.7 Å². The number of hydrogen-bond donors (Lipinski definition) is 1. The highest BCUT2D eigenvalue weighted by Crippen LogP contribution is 2.26. The summed E-state index contributed by atoms with van der Waals surface area (Å²) >= 11 is 6.89. The van der Waals surface area contributed by atoms with Crippen molar-refractivity contribution in [1.82, 2.24) is 15.2 Å². The number of furan rings is 1. The molecular formula is C14H11ClN4O3S. The number of halogens is 1. The molecule has 3 aromatic rings. The van der Waals surface area contributed by atoms with E-state index in [1.165, 1.54) is 12.5 Å². The van der Waals surface area contributed by atoms with Gasteiger partial charge in [0.1, 0.15) is 5.82 Å². The van der Waals surface area contributed by atoms with Crippen LogP contribution < -0.4 is 5.32 Å². The van der Waals surface area contributed by atoms with E-state index in [4.69, 9.17) is 20.4 Å². The molecule has 0 saturated carbocycles. The minimum Gasteiger partial charge on any atom is -0.459 e. The molecular weight excluding hydrogens is 340 g/mol. The minimum atomic E-state index is -0.447. The summed E-state index contributed by atoms with van der Waals surface area (Å²) in [6, 6.07) is 6.71. The van der Waals surface area contributed by atoms with E-state index in [0.29, 0.717) is 16.6 Å². The normalized spacial score (nSPS) is 12.1. The summed E-state index contributed by atoms with van der Waals surface area (Å²) in [4.78, 5) is 16.1. The quantitative estimate of drug-likeness (QED) is 0.703. The molecule has 7 nitrogen and oxygen atoms in total. The van der Waals surface area contributed by atoms with Crippen molar-refractivity contribution in [2.75, 3.05) is 5.32 Å². The number of pyridine rings is 1. The first-order valence-electron chi connectivity index (χ1n) is 6.58. The average Bonchev–Trinajstić information content (AvgIpc) is 3.20. The molecule has 0 aliphatic carbocycles. The highest BCUT2D eigenvalue weighted by atomic mass is 35.5. The van der Waals surface area contributed by atoms with Crippen LogP contribution in [-0.4, -0.2) is 26.3 Å². The standard InChI is InChI=1S/C14H11ClN4O3S/c1-8(12(20)17-11-5-4-9(15)7-16-11)23-14-19-18-13(22-14)10-3-2-6-21-10/h2-8H,1H3,(H,16,17,20). The van der Waals surface area contributed by atoms with Gasteiger partial charge in [-0.15, -0.1) is 10.2 Å². The molecule has 118 valence electrons. The first-order chi connectivity index (χ1) is 11.1. The molecule has 0 saturated heterocycles. The number of anilines is 1. The van der Waals surface area contributed by atoms with Gasteiger partial charge in [-0.05, 0) is 31.2 Å². The lowest BCUT2D eigenvalue weighted by Crippen LogP contribution is -2.22. The predicted molar refractivity (Wildman–Crippen MR) is 85.2 cm³/mol. The van der Waals surface area contributed by atoms with Crippen molar-refractivity contribution in [1.29, 1.82) is 0 Å². The summed E-state index contributed by atoms with van der Waals surface area (Å²) in [5.41, 5.74) is 0. The van der Waals surface area contributed by atoms with Crippen LogP contribution in [0.2, 0.25) is 5.02 Å². The van der Waals surface area contributed by atoms with Crippen LogP contribution in [0, 0.1) is 0 Å². The first kappa shape index (κ1) is 15.6. The van der Waals surface area contributed by atoms with Gasteiger partial charge in [-0.3, -0.25) is 4.79 Å². The lowest BCUT2D eigenvalue weighted by Gasteiger charge is -2.08. The Hall–Kier alpha value is -2.32. The number of carbonyl (C=O) groups is 1. The zero-order valence-corrected chi connectivity index (χ0v) is 13.5. The van der Waals surface area contributed by atoms with Gasteiger partial charge >= 0.3 is 0 Å². The highest BCUT2D eigenvalue weighted by molar-refractivity contribution is 8.00. The molecule has 0 fully saturated rings. The third kappa shape index (κ3) is 3.91. The Labute approximate surface area is 140 Å². The van der Waals surface area contributed by atoms with Crippen LogP contribution in [0.4, 0.5) is 5.82 Å². The molecule has 9 heteroatoms. The molecule has 1 amide bonds. The fraction of sp³-hybridized carbons (Fsp3) is 0.143. The van der Waals surface area contributed by atoms with Gasteiger partial charge in [0.15, 0.2) is 5.76 Å². The molecule has 1 atom stereocenters. The van der Waals surface area contributed by atoms with Gasteiger partial charge in [-0.1, -0.05) is 23.4 Å². The summed E-state index contributed by atoms with van der Waals surface area (Å²) in [5, 5.41) is 10.8. The Kier molecular flexibility index (Phi) is 4.63. The van der Waals surface area contributed by atoms with Crippen LogP contribution in [0.15, 0.2) is 50.8 Å². The maximum atomic E-state index is 12.1. The molecule has 0 aliphatic rings. The van der Waals surface area contributed by atoms with Crippen molar-refractivity contribution in [3.63, 3.8) is 0 Å². The van der Waals surface area contributed by atoms with Crippen LogP contribution in [0.3, 0.4) is 0 Å². The average molecular weight is 351 g/mol. The SMILES string of the molecule is CC(Sc1nnc(-c2ccco2)o1)C(=O)Nc1ccc(Cl)cn1. The number of carbonyl (C=O) groups excluding carboxylic acids is 1. The Morgan fingerprint density at radius 2 is 2.22 bits per heavy atom. The summed E-state index contributed by atoms with van der Waals surface area (Å²) in [5.74, 6) is 0.938. The number of rotatable bonds is 5. The summed E-state index contributed by atoms with van der Waals surface area (Å²) in [6.07, 6.45) is 2.98. The van der Waals surface area contributed by atoms with Crippen molar-refractivity contribution < 1.29 is 13.6 Å². The van der Waals surface area contributed by atoms with Gasteiger partial charge in [-0.25, -0.2) is 4.98 Å². The number of hydrogen-bond acceptors (Lipinski definition) is 7. The second-order valence-electron chi connectivity index (χ2n) is 4.46. The van der Waals surface area contributed by atoms with Gasteiger partial charge < -0.3 is 14.2 Å². The van der Waals surface area contributed by atoms with Gasteiger partial charge in [0.05, 0.1) is 16.5 Å². The van der Waals surface area contributed by atoms with Crippen LogP contribution in [0.25, 0.3) is 11.7 Å². The largest absolute Gasteiger partial charge is 0.459 e. The lowest BCUT2D eigenvalue weighted by molar-refractivity contribution is -0.115. The van der Waals surface area contributed by atoms with E-state index in [-0.39, 0.29) is 17.0 Å². The summed E-state index contributed by atoms with van der Waals surface area (Å²) in [7, 11) is 0. The maximum Gasteiger partial charge on any atom is 0.284 e. The number of nitrogens with zero attached hydrogens (tertiary/aromatic N) is 3. The molecule has 0 aromatic carbocycles. The predicted octanol–water partition coefficient (Wildman–Crippen LogP) is 3.50. The number of nitrogens with one attached hydrogen (secondary N) is 1. The van der Waals surface area contributed by atoms with Gasteiger partial charge in [0, 0.05) is 6.20 Å². The lowest BCUT2D eigenvalue weighted by atomic mass is 10.4. The van der Waals surface area contributed by atoms with E-state index < -0.39 is 5.25 Å². The van der Waals surface area contributed by atoms with Gasteiger partial charge in [0.25, 0.3) is 11.1 Å². The van der Waals surface area contributed by atoms with Crippen molar-refractivity contribution in [2.24, 2.45) is 0 Å². The second-order valence-corrected chi connectivity index (χ2v) is 6.19. The molecule has 3 heterocycles. The van der Waals surface area contributed by atoms with Crippen molar-refractivity contribution >= 4 is 35.1 Å². The van der Waals surface area contributed by atoms with E-state index >= 15 is 0 Å². The van der Waals surface area contributed by atoms with E-state index in [0.717, 1.165) is 11.8 Å². The first-order valence-corrected chi connectivity index (χ1v) is 7.84. The van der Waals surface area contributed by atoms with Crippen LogP contribution in [-0.2, 0) is 4.79 Å². The zero-order valence-electron chi connectivity index (χ0n) is 11.9. The minimum absolute atomic E-state index is 0.234. The molecule has 23 heavy (non-hydrogen) atoms. The zero-order chi connectivity index (χ0) is 16.2. The third-order valence-electron chi connectivity index (χ3n) is 2.76. The molecule has 1 unspecified atom stereocenters. The third-order valence-corrected chi connectivity index (χ3v) is 3.92.